The molecule has 1 heterocycles. The summed E-state index contributed by atoms with van der Waals surface area (Å²) in [7, 11) is 1.75. The second kappa shape index (κ2) is 4.79. The standard InChI is InChI=1S/C12H14F2N2O/c1-16-5-4-11(12(16)17)15-7-8-2-3-9(13)10(14)6-8/h2-3,6,11,15H,4-5,7H2,1H3. The van der Waals surface area contributed by atoms with E-state index in [1.807, 2.05) is 0 Å². The smallest absolute Gasteiger partial charge is 0.239 e. The largest absolute Gasteiger partial charge is 0.344 e. The van der Waals surface area contributed by atoms with Crippen LogP contribution in [0, 0.1) is 11.6 Å². The highest BCUT2D eigenvalue weighted by Crippen LogP contribution is 2.11. The highest BCUT2D eigenvalue weighted by Gasteiger charge is 2.28. The number of carbonyl (C=O) groups excluding carboxylic acids is 1. The monoisotopic (exact) mass is 240 g/mol. The number of hydrogen-bond acceptors (Lipinski definition) is 2. The molecule has 0 bridgehead atoms. The SMILES string of the molecule is CN1CCC(NCc2ccc(F)c(F)c2)C1=O. The van der Waals surface area contributed by atoms with Crippen molar-refractivity contribution < 1.29 is 13.6 Å². The molecule has 1 fully saturated rings. The van der Waals surface area contributed by atoms with Gasteiger partial charge in [0.25, 0.3) is 0 Å². The van der Waals surface area contributed by atoms with Gasteiger partial charge in [0.15, 0.2) is 11.6 Å². The van der Waals surface area contributed by atoms with Gasteiger partial charge in [0, 0.05) is 20.1 Å². The van der Waals surface area contributed by atoms with E-state index in [9.17, 15) is 13.6 Å². The molecule has 1 saturated heterocycles. The van der Waals surface area contributed by atoms with E-state index >= 15 is 0 Å². The maximum Gasteiger partial charge on any atom is 0.239 e. The fraction of sp³-hybridized carbons (Fsp3) is 0.417. The van der Waals surface area contributed by atoms with Crippen molar-refractivity contribution in [3.63, 3.8) is 0 Å². The van der Waals surface area contributed by atoms with Gasteiger partial charge in [-0.25, -0.2) is 8.78 Å². The van der Waals surface area contributed by atoms with Crippen molar-refractivity contribution in [2.24, 2.45) is 0 Å². The summed E-state index contributed by atoms with van der Waals surface area (Å²) < 4.78 is 25.6. The number of likely N-dealkylation sites (tertiary alicyclic amines) is 1. The van der Waals surface area contributed by atoms with Gasteiger partial charge in [-0.3, -0.25) is 4.79 Å². The molecule has 1 aliphatic heterocycles. The Morgan fingerprint density at radius 2 is 2.18 bits per heavy atom. The molecule has 1 aromatic carbocycles. The predicted octanol–water partition coefficient (Wildman–Crippen LogP) is 1.29. The number of nitrogens with zero attached hydrogens (tertiary/aromatic N) is 1. The first kappa shape index (κ1) is 12.0. The molecule has 1 amide bonds. The average Bonchev–Trinajstić information content (AvgIpc) is 2.62. The van der Waals surface area contributed by atoms with Crippen LogP contribution < -0.4 is 5.32 Å². The topological polar surface area (TPSA) is 32.3 Å². The molecule has 5 heteroatoms. The molecule has 2 rings (SSSR count). The third kappa shape index (κ3) is 2.61. The summed E-state index contributed by atoms with van der Waals surface area (Å²) in [4.78, 5) is 13.2. The molecule has 0 spiro atoms. The quantitative estimate of drug-likeness (QED) is 0.863. The number of benzene rings is 1. The van der Waals surface area contributed by atoms with Crippen LogP contribution in [0.2, 0.25) is 0 Å². The molecule has 1 aromatic rings. The van der Waals surface area contributed by atoms with Gasteiger partial charge < -0.3 is 10.2 Å². The van der Waals surface area contributed by atoms with Gasteiger partial charge in [-0.1, -0.05) is 6.07 Å². The van der Waals surface area contributed by atoms with Crippen molar-refractivity contribution in [3.05, 3.63) is 35.4 Å². The highest BCUT2D eigenvalue weighted by atomic mass is 19.2. The fourth-order valence-corrected chi connectivity index (χ4v) is 1.90. The number of halogens is 2. The minimum Gasteiger partial charge on any atom is -0.344 e. The molecule has 0 radical (unpaired) electrons. The van der Waals surface area contributed by atoms with E-state index in [2.05, 4.69) is 5.32 Å². The number of amides is 1. The zero-order valence-electron chi connectivity index (χ0n) is 9.54. The van der Waals surface area contributed by atoms with Crippen LogP contribution >= 0.6 is 0 Å². The summed E-state index contributed by atoms with van der Waals surface area (Å²) in [5.41, 5.74) is 0.631. The molecular weight excluding hydrogens is 226 g/mol. The zero-order chi connectivity index (χ0) is 12.4. The number of carbonyl (C=O) groups is 1. The van der Waals surface area contributed by atoms with Crippen LogP contribution in [0.15, 0.2) is 18.2 Å². The number of nitrogens with one attached hydrogen (secondary N) is 1. The Kier molecular flexibility index (Phi) is 3.38. The molecule has 1 N–H and O–H groups in total. The summed E-state index contributed by atoms with van der Waals surface area (Å²) in [6, 6.07) is 3.53. The normalized spacial score (nSPS) is 20.1. The van der Waals surface area contributed by atoms with Gasteiger partial charge in [-0.05, 0) is 24.1 Å². The van der Waals surface area contributed by atoms with Gasteiger partial charge in [0.1, 0.15) is 0 Å². The molecule has 0 aromatic heterocycles. The van der Waals surface area contributed by atoms with Crippen LogP contribution in [-0.2, 0) is 11.3 Å². The second-order valence-electron chi connectivity index (χ2n) is 4.23. The highest BCUT2D eigenvalue weighted by molar-refractivity contribution is 5.83. The lowest BCUT2D eigenvalue weighted by Crippen LogP contribution is -2.36. The molecular formula is C12H14F2N2O. The first-order chi connectivity index (χ1) is 8.08. The van der Waals surface area contributed by atoms with Crippen LogP contribution in [0.1, 0.15) is 12.0 Å². The molecule has 3 nitrogen and oxygen atoms in total. The van der Waals surface area contributed by atoms with Crippen molar-refractivity contribution in [3.8, 4) is 0 Å². The third-order valence-corrected chi connectivity index (χ3v) is 2.96. The van der Waals surface area contributed by atoms with Crippen LogP contribution in [0.25, 0.3) is 0 Å². The molecule has 1 atom stereocenters. The molecule has 0 saturated carbocycles. The van der Waals surface area contributed by atoms with Crippen molar-refractivity contribution >= 4 is 5.91 Å². The van der Waals surface area contributed by atoms with E-state index in [1.165, 1.54) is 6.07 Å². The zero-order valence-corrected chi connectivity index (χ0v) is 9.54. The van der Waals surface area contributed by atoms with E-state index in [-0.39, 0.29) is 11.9 Å². The number of likely N-dealkylation sites (N-methyl/N-ethyl adjacent to an activating group) is 1. The first-order valence-corrected chi connectivity index (χ1v) is 5.50. The molecule has 17 heavy (non-hydrogen) atoms. The third-order valence-electron chi connectivity index (χ3n) is 2.96. The Labute approximate surface area is 98.4 Å². The Bertz CT molecular complexity index is 437. The maximum atomic E-state index is 12.9. The van der Waals surface area contributed by atoms with Gasteiger partial charge in [0.2, 0.25) is 5.91 Å². The summed E-state index contributed by atoms with van der Waals surface area (Å²) in [5.74, 6) is -1.67. The Morgan fingerprint density at radius 3 is 2.76 bits per heavy atom. The van der Waals surface area contributed by atoms with E-state index in [4.69, 9.17) is 0 Å². The van der Waals surface area contributed by atoms with Gasteiger partial charge in [-0.2, -0.15) is 0 Å². The molecule has 1 aliphatic rings. The average molecular weight is 240 g/mol. The van der Waals surface area contributed by atoms with E-state index < -0.39 is 11.6 Å². The van der Waals surface area contributed by atoms with E-state index in [0.717, 1.165) is 25.1 Å². The summed E-state index contributed by atoms with van der Waals surface area (Å²) in [6.45, 7) is 1.09. The van der Waals surface area contributed by atoms with Crippen molar-refractivity contribution in [2.45, 2.75) is 19.0 Å². The number of rotatable bonds is 3. The van der Waals surface area contributed by atoms with Gasteiger partial charge >= 0.3 is 0 Å². The summed E-state index contributed by atoms with van der Waals surface area (Å²) in [6.07, 6.45) is 0.749. The predicted molar refractivity (Wildman–Crippen MR) is 59.2 cm³/mol. The fourth-order valence-electron chi connectivity index (χ4n) is 1.90. The Balaban J connectivity index is 1.94. The summed E-state index contributed by atoms with van der Waals surface area (Å²) in [5, 5.41) is 3.04. The number of hydrogen-bond donors (Lipinski definition) is 1. The van der Waals surface area contributed by atoms with Crippen LogP contribution in [-0.4, -0.2) is 30.4 Å². The molecule has 92 valence electrons. The van der Waals surface area contributed by atoms with Crippen molar-refractivity contribution in [1.29, 1.82) is 0 Å². The maximum absolute atomic E-state index is 12.9. The lowest BCUT2D eigenvalue weighted by Gasteiger charge is -2.12. The lowest BCUT2D eigenvalue weighted by molar-refractivity contribution is -0.128. The first-order valence-electron chi connectivity index (χ1n) is 5.50. The van der Waals surface area contributed by atoms with Gasteiger partial charge in [0.05, 0.1) is 6.04 Å². The second-order valence-corrected chi connectivity index (χ2v) is 4.23. The van der Waals surface area contributed by atoms with E-state index in [1.54, 1.807) is 11.9 Å². The molecule has 0 aliphatic carbocycles. The van der Waals surface area contributed by atoms with Crippen LogP contribution in [0.4, 0.5) is 8.78 Å². The van der Waals surface area contributed by atoms with Crippen molar-refractivity contribution in [1.82, 2.24) is 10.2 Å². The summed E-state index contributed by atoms with van der Waals surface area (Å²) >= 11 is 0. The Morgan fingerprint density at radius 1 is 1.41 bits per heavy atom. The minimum atomic E-state index is -0.862. The minimum absolute atomic E-state index is 0.0487. The molecule has 1 unspecified atom stereocenters. The Hall–Kier alpha value is -1.49. The van der Waals surface area contributed by atoms with Crippen LogP contribution in [0.5, 0.6) is 0 Å². The van der Waals surface area contributed by atoms with Gasteiger partial charge in [-0.15, -0.1) is 0 Å². The lowest BCUT2D eigenvalue weighted by atomic mass is 10.2. The van der Waals surface area contributed by atoms with Crippen LogP contribution in [0.3, 0.4) is 0 Å². The van der Waals surface area contributed by atoms with E-state index in [0.29, 0.717) is 12.1 Å². The van der Waals surface area contributed by atoms with Crippen molar-refractivity contribution in [2.75, 3.05) is 13.6 Å².